The first kappa shape index (κ1) is 14.9. The van der Waals surface area contributed by atoms with Crippen LogP contribution in [-0.4, -0.2) is 55.5 Å². The van der Waals surface area contributed by atoms with Crippen molar-refractivity contribution in [3.05, 3.63) is 5.89 Å². The number of esters is 1. The molecule has 0 unspecified atom stereocenters. The van der Waals surface area contributed by atoms with Crippen LogP contribution < -0.4 is 0 Å². The highest BCUT2D eigenvalue weighted by atomic mass is 32.2. The topological polar surface area (TPSA) is 83.7 Å². The van der Waals surface area contributed by atoms with Gasteiger partial charge in [0, 0.05) is 12.9 Å². The summed E-state index contributed by atoms with van der Waals surface area (Å²) in [5.41, 5.74) is 0. The van der Waals surface area contributed by atoms with Gasteiger partial charge in [0.25, 0.3) is 5.22 Å². The minimum absolute atomic E-state index is 0.125. The van der Waals surface area contributed by atoms with Gasteiger partial charge in [-0.05, 0) is 6.92 Å². The van der Waals surface area contributed by atoms with Crippen molar-refractivity contribution in [3.8, 4) is 0 Å². The lowest BCUT2D eigenvalue weighted by Crippen LogP contribution is -2.04. The molecule has 8 heteroatoms. The van der Waals surface area contributed by atoms with E-state index >= 15 is 0 Å². The Morgan fingerprint density at radius 1 is 1.33 bits per heavy atom. The van der Waals surface area contributed by atoms with Crippen LogP contribution in [0, 0.1) is 0 Å². The first-order chi connectivity index (χ1) is 8.77. The molecule has 0 aromatic carbocycles. The minimum Gasteiger partial charge on any atom is -0.459 e. The molecule has 0 saturated carbocycles. The number of ether oxygens (including phenoxy) is 3. The number of aromatic nitrogens is 2. The summed E-state index contributed by atoms with van der Waals surface area (Å²) in [5.74, 6) is -0.0680. The molecule has 1 heterocycles. The number of hydrogen-bond donors (Lipinski definition) is 0. The Bertz CT molecular complexity index is 358. The zero-order chi connectivity index (χ0) is 13.2. The molecule has 0 aliphatic heterocycles. The second-order valence-corrected chi connectivity index (χ2v) is 4.09. The van der Waals surface area contributed by atoms with Crippen LogP contribution in [0.5, 0.6) is 0 Å². The van der Waals surface area contributed by atoms with E-state index in [1.807, 2.05) is 0 Å². The van der Waals surface area contributed by atoms with E-state index in [1.165, 1.54) is 11.8 Å². The lowest BCUT2D eigenvalue weighted by atomic mass is 10.7. The number of carbonyl (C=O) groups excluding carboxylic acids is 1. The van der Waals surface area contributed by atoms with Crippen molar-refractivity contribution in [1.82, 2.24) is 10.2 Å². The number of hydrogen-bond acceptors (Lipinski definition) is 8. The van der Waals surface area contributed by atoms with Crippen molar-refractivity contribution in [2.45, 2.75) is 12.1 Å². The summed E-state index contributed by atoms with van der Waals surface area (Å²) in [4.78, 5) is 11.2. The molecular weight excluding hydrogens is 260 g/mol. The van der Waals surface area contributed by atoms with E-state index in [0.29, 0.717) is 30.8 Å². The third-order valence-electron chi connectivity index (χ3n) is 1.74. The molecule has 1 aromatic rings. The van der Waals surface area contributed by atoms with Gasteiger partial charge in [-0.3, -0.25) is 0 Å². The number of nitrogens with zero attached hydrogens (tertiary/aromatic N) is 2. The summed E-state index contributed by atoms with van der Waals surface area (Å²) in [5, 5.41) is 7.64. The van der Waals surface area contributed by atoms with Crippen LogP contribution >= 0.6 is 11.8 Å². The molecule has 0 bridgehead atoms. The summed E-state index contributed by atoms with van der Waals surface area (Å²) < 4.78 is 19.9. The number of carbonyl (C=O) groups is 1. The maximum atomic E-state index is 11.2. The van der Waals surface area contributed by atoms with E-state index < -0.39 is 5.97 Å². The Balaban J connectivity index is 2.21. The van der Waals surface area contributed by atoms with E-state index in [0.717, 1.165) is 0 Å². The molecule has 18 heavy (non-hydrogen) atoms. The van der Waals surface area contributed by atoms with Crippen LogP contribution in [0.25, 0.3) is 0 Å². The molecule has 0 aliphatic carbocycles. The van der Waals surface area contributed by atoms with Gasteiger partial charge in [0.15, 0.2) is 0 Å². The van der Waals surface area contributed by atoms with Gasteiger partial charge in [-0.1, -0.05) is 16.9 Å². The first-order valence-electron chi connectivity index (χ1n) is 5.48. The van der Waals surface area contributed by atoms with Gasteiger partial charge >= 0.3 is 11.9 Å². The highest BCUT2D eigenvalue weighted by molar-refractivity contribution is 7.99. The van der Waals surface area contributed by atoms with Crippen LogP contribution in [0.3, 0.4) is 0 Å². The van der Waals surface area contributed by atoms with E-state index in [9.17, 15) is 4.79 Å². The molecule has 102 valence electrons. The third kappa shape index (κ3) is 5.48. The summed E-state index contributed by atoms with van der Waals surface area (Å²) in [6.45, 7) is 3.65. The highest BCUT2D eigenvalue weighted by Gasteiger charge is 2.15. The van der Waals surface area contributed by atoms with Crippen molar-refractivity contribution in [2.75, 3.05) is 39.3 Å². The summed E-state index contributed by atoms with van der Waals surface area (Å²) in [7, 11) is 1.62. The Morgan fingerprint density at radius 2 is 2.17 bits per heavy atom. The van der Waals surface area contributed by atoms with Gasteiger partial charge in [0.2, 0.25) is 0 Å². The van der Waals surface area contributed by atoms with Gasteiger partial charge in [-0.2, -0.15) is 0 Å². The Hall–Kier alpha value is -1.12. The molecule has 0 atom stereocenters. The zero-order valence-corrected chi connectivity index (χ0v) is 11.2. The molecular formula is C10H16N2O5S. The van der Waals surface area contributed by atoms with E-state index in [1.54, 1.807) is 14.0 Å². The summed E-state index contributed by atoms with van der Waals surface area (Å²) in [6, 6.07) is 0. The van der Waals surface area contributed by atoms with Crippen LogP contribution in [0.15, 0.2) is 9.64 Å². The van der Waals surface area contributed by atoms with Crippen molar-refractivity contribution in [3.63, 3.8) is 0 Å². The second-order valence-electron chi connectivity index (χ2n) is 3.05. The molecule has 0 amide bonds. The molecule has 7 nitrogen and oxygen atoms in total. The highest BCUT2D eigenvalue weighted by Crippen LogP contribution is 2.15. The Kier molecular flexibility index (Phi) is 7.38. The lowest BCUT2D eigenvalue weighted by molar-refractivity contribution is 0.0475. The number of rotatable bonds is 9. The minimum atomic E-state index is -0.604. The first-order valence-corrected chi connectivity index (χ1v) is 6.46. The van der Waals surface area contributed by atoms with Crippen molar-refractivity contribution >= 4 is 17.7 Å². The molecule has 0 N–H and O–H groups in total. The van der Waals surface area contributed by atoms with Crippen molar-refractivity contribution < 1.29 is 23.4 Å². The average Bonchev–Trinajstić information content (AvgIpc) is 2.83. The predicted octanol–water partition coefficient (Wildman–Crippen LogP) is 1.00. The molecule has 0 spiro atoms. The van der Waals surface area contributed by atoms with Gasteiger partial charge in [0.05, 0.1) is 26.4 Å². The summed E-state index contributed by atoms with van der Waals surface area (Å²) >= 11 is 1.32. The fourth-order valence-corrected chi connectivity index (χ4v) is 1.59. The van der Waals surface area contributed by atoms with E-state index in [2.05, 4.69) is 10.2 Å². The van der Waals surface area contributed by atoms with Crippen LogP contribution in [0.1, 0.15) is 17.6 Å². The average molecular weight is 276 g/mol. The Labute approximate surface area is 109 Å². The predicted molar refractivity (Wildman–Crippen MR) is 63.7 cm³/mol. The van der Waals surface area contributed by atoms with Crippen LogP contribution in [0.2, 0.25) is 0 Å². The monoisotopic (exact) mass is 276 g/mol. The third-order valence-corrected chi connectivity index (χ3v) is 2.52. The SMILES string of the molecule is CCOC(=O)c1nnc(SCCOCCOC)o1. The number of thioether (sulfide) groups is 1. The maximum Gasteiger partial charge on any atom is 0.396 e. The second kappa shape index (κ2) is 8.90. The van der Waals surface area contributed by atoms with Crippen LogP contribution in [0.4, 0.5) is 0 Å². The standard InChI is InChI=1S/C10H16N2O5S/c1-3-16-9(13)8-11-12-10(17-8)18-7-6-15-5-4-14-2/h3-7H2,1-2H3. The van der Waals surface area contributed by atoms with Crippen LogP contribution in [-0.2, 0) is 14.2 Å². The fourth-order valence-electron chi connectivity index (χ4n) is 0.976. The van der Waals surface area contributed by atoms with Gasteiger partial charge in [-0.25, -0.2) is 4.79 Å². The van der Waals surface area contributed by atoms with Crippen molar-refractivity contribution in [1.29, 1.82) is 0 Å². The van der Waals surface area contributed by atoms with Gasteiger partial charge in [-0.15, -0.1) is 5.10 Å². The maximum absolute atomic E-state index is 11.2. The lowest BCUT2D eigenvalue weighted by Gasteiger charge is -2.00. The smallest absolute Gasteiger partial charge is 0.396 e. The van der Waals surface area contributed by atoms with Crippen molar-refractivity contribution in [2.24, 2.45) is 0 Å². The molecule has 1 aromatic heterocycles. The van der Waals surface area contributed by atoms with E-state index in [4.69, 9.17) is 18.6 Å². The van der Waals surface area contributed by atoms with E-state index in [-0.39, 0.29) is 12.5 Å². The zero-order valence-electron chi connectivity index (χ0n) is 10.4. The number of methoxy groups -OCH3 is 1. The van der Waals surface area contributed by atoms with Gasteiger partial charge < -0.3 is 18.6 Å². The molecule has 1 rings (SSSR count). The molecule has 0 radical (unpaired) electrons. The Morgan fingerprint density at radius 3 is 2.89 bits per heavy atom. The normalized spacial score (nSPS) is 10.6. The van der Waals surface area contributed by atoms with Gasteiger partial charge in [0.1, 0.15) is 0 Å². The molecule has 0 fully saturated rings. The fraction of sp³-hybridized carbons (Fsp3) is 0.700. The largest absolute Gasteiger partial charge is 0.459 e. The summed E-state index contributed by atoms with van der Waals surface area (Å²) in [6.07, 6.45) is 0. The molecule has 0 aliphatic rings. The quantitative estimate of drug-likeness (QED) is 0.375. The molecule has 0 saturated heterocycles.